The van der Waals surface area contributed by atoms with Crippen molar-refractivity contribution in [2.75, 3.05) is 5.75 Å². The molecule has 1 aliphatic carbocycles. The summed E-state index contributed by atoms with van der Waals surface area (Å²) in [6, 6.07) is 1.84. The van der Waals surface area contributed by atoms with Gasteiger partial charge in [-0.25, -0.2) is 8.42 Å². The minimum atomic E-state index is -3.19. The van der Waals surface area contributed by atoms with Crippen LogP contribution in [-0.2, 0) is 21.2 Å². The van der Waals surface area contributed by atoms with Gasteiger partial charge in [-0.2, -0.15) is 0 Å². The molecule has 0 saturated heterocycles. The molecule has 2 rings (SSSR count). The molecule has 1 aliphatic rings. The van der Waals surface area contributed by atoms with Crippen molar-refractivity contribution in [3.63, 3.8) is 0 Å². The van der Waals surface area contributed by atoms with Gasteiger partial charge < -0.3 is 10.3 Å². The van der Waals surface area contributed by atoms with Crippen LogP contribution < -0.4 is 10.9 Å². The number of nitrogens with one attached hydrogen (secondary N) is 2. The van der Waals surface area contributed by atoms with E-state index in [4.69, 9.17) is 0 Å². The van der Waals surface area contributed by atoms with Crippen LogP contribution in [0.3, 0.4) is 0 Å². The van der Waals surface area contributed by atoms with Crippen molar-refractivity contribution in [2.45, 2.75) is 57.7 Å². The summed E-state index contributed by atoms with van der Waals surface area (Å²) < 4.78 is 24.2. The number of aromatic amines is 1. The first-order valence-corrected chi connectivity index (χ1v) is 9.69. The highest BCUT2D eigenvalue weighted by molar-refractivity contribution is 7.92. The molecule has 1 aromatic heterocycles. The van der Waals surface area contributed by atoms with Gasteiger partial charge in [0.05, 0.1) is 11.0 Å². The zero-order chi connectivity index (χ0) is 17.0. The normalized spacial score (nSPS) is 15.7. The highest BCUT2D eigenvalue weighted by atomic mass is 32.2. The Morgan fingerprint density at radius 1 is 1.30 bits per heavy atom. The Bertz CT molecular complexity index is 731. The monoisotopic (exact) mass is 340 g/mol. The zero-order valence-corrected chi connectivity index (χ0v) is 14.5. The lowest BCUT2D eigenvalue weighted by atomic mass is 10.1. The van der Waals surface area contributed by atoms with Crippen LogP contribution in [0.2, 0.25) is 0 Å². The van der Waals surface area contributed by atoms with E-state index in [-0.39, 0.29) is 35.4 Å². The Balaban J connectivity index is 1.87. The predicted molar refractivity (Wildman–Crippen MR) is 89.0 cm³/mol. The minimum Gasteiger partial charge on any atom is -0.352 e. The van der Waals surface area contributed by atoms with Gasteiger partial charge in [0.2, 0.25) is 5.91 Å². The molecule has 0 spiro atoms. The highest BCUT2D eigenvalue weighted by Gasteiger charge is 2.28. The maximum atomic E-state index is 12.1. The molecule has 0 atom stereocenters. The second-order valence-corrected chi connectivity index (χ2v) is 8.64. The summed E-state index contributed by atoms with van der Waals surface area (Å²) in [5.74, 6) is -0.460. The summed E-state index contributed by atoms with van der Waals surface area (Å²) >= 11 is 0. The van der Waals surface area contributed by atoms with E-state index >= 15 is 0 Å². The van der Waals surface area contributed by atoms with Gasteiger partial charge in [-0.1, -0.05) is 12.8 Å². The number of pyridine rings is 1. The molecule has 6 nitrogen and oxygen atoms in total. The van der Waals surface area contributed by atoms with Crippen molar-refractivity contribution < 1.29 is 13.2 Å². The molecule has 0 bridgehead atoms. The van der Waals surface area contributed by atoms with E-state index in [2.05, 4.69) is 10.3 Å². The smallest absolute Gasteiger partial charge is 0.253 e. The molecule has 1 aromatic rings. The van der Waals surface area contributed by atoms with E-state index in [1.54, 1.807) is 6.92 Å². The topological polar surface area (TPSA) is 96.1 Å². The van der Waals surface area contributed by atoms with Crippen molar-refractivity contribution in [1.29, 1.82) is 0 Å². The Morgan fingerprint density at radius 3 is 2.57 bits per heavy atom. The van der Waals surface area contributed by atoms with Crippen molar-refractivity contribution in [3.8, 4) is 0 Å². The first-order valence-electron chi connectivity index (χ1n) is 7.97. The van der Waals surface area contributed by atoms with Gasteiger partial charge in [0.15, 0.2) is 9.84 Å². The molecule has 128 valence electrons. The summed E-state index contributed by atoms with van der Waals surface area (Å²) in [4.78, 5) is 26.4. The number of rotatable bonds is 6. The fourth-order valence-electron chi connectivity index (χ4n) is 3.03. The number of hydrogen-bond donors (Lipinski definition) is 2. The van der Waals surface area contributed by atoms with Crippen molar-refractivity contribution in [3.05, 3.63) is 33.2 Å². The average molecular weight is 340 g/mol. The fourth-order valence-corrected chi connectivity index (χ4v) is 4.88. The Hall–Kier alpha value is -1.63. The summed E-state index contributed by atoms with van der Waals surface area (Å²) in [5.41, 5.74) is 1.86. The fraction of sp³-hybridized carbons (Fsp3) is 0.625. The minimum absolute atomic E-state index is 0.0539. The number of H-pyrrole nitrogens is 1. The molecular formula is C16H24N2O4S. The quantitative estimate of drug-likeness (QED) is 0.817. The molecule has 23 heavy (non-hydrogen) atoms. The zero-order valence-electron chi connectivity index (χ0n) is 13.6. The maximum Gasteiger partial charge on any atom is 0.253 e. The Morgan fingerprint density at radius 2 is 1.96 bits per heavy atom. The molecule has 1 amide bonds. The van der Waals surface area contributed by atoms with Gasteiger partial charge >= 0.3 is 0 Å². The third-order valence-corrected chi connectivity index (χ3v) is 6.64. The first-order chi connectivity index (χ1) is 10.8. The van der Waals surface area contributed by atoms with Crippen LogP contribution in [0, 0.1) is 13.8 Å². The van der Waals surface area contributed by atoms with Gasteiger partial charge in [-0.15, -0.1) is 0 Å². The lowest BCUT2D eigenvalue weighted by molar-refractivity contribution is -0.120. The van der Waals surface area contributed by atoms with Gasteiger partial charge in [-0.3, -0.25) is 9.59 Å². The number of aryl methyl sites for hydroxylation is 2. The number of hydrogen-bond acceptors (Lipinski definition) is 4. The molecular weight excluding hydrogens is 316 g/mol. The van der Waals surface area contributed by atoms with E-state index in [1.807, 2.05) is 13.0 Å². The van der Waals surface area contributed by atoms with E-state index in [0.29, 0.717) is 18.4 Å². The molecule has 0 unspecified atom stereocenters. The van der Waals surface area contributed by atoms with Crippen molar-refractivity contribution in [1.82, 2.24) is 10.3 Å². The molecule has 1 heterocycles. The van der Waals surface area contributed by atoms with Crippen LogP contribution in [0.4, 0.5) is 0 Å². The number of carbonyl (C=O) groups excluding carboxylic acids is 1. The molecule has 1 fully saturated rings. The van der Waals surface area contributed by atoms with Crippen LogP contribution in [0.5, 0.6) is 0 Å². The SMILES string of the molecule is Cc1cc(C)c(CNC(=O)CCS(=O)(=O)C2CCCC2)c(=O)[nH]1. The number of carbonyl (C=O) groups is 1. The van der Waals surface area contributed by atoms with Crippen molar-refractivity contribution >= 4 is 15.7 Å². The number of aromatic nitrogens is 1. The summed E-state index contributed by atoms with van der Waals surface area (Å²) in [5, 5.41) is 2.36. The lowest BCUT2D eigenvalue weighted by Crippen LogP contribution is -2.30. The van der Waals surface area contributed by atoms with Crippen LogP contribution in [0.15, 0.2) is 10.9 Å². The van der Waals surface area contributed by atoms with Gasteiger partial charge in [0.1, 0.15) is 0 Å². The second kappa shape index (κ2) is 7.29. The third kappa shape index (κ3) is 4.67. The van der Waals surface area contributed by atoms with Gasteiger partial charge in [-0.05, 0) is 38.3 Å². The van der Waals surface area contributed by atoms with Crippen molar-refractivity contribution in [2.24, 2.45) is 0 Å². The highest BCUT2D eigenvalue weighted by Crippen LogP contribution is 2.25. The van der Waals surface area contributed by atoms with E-state index in [1.165, 1.54) is 0 Å². The average Bonchev–Trinajstić information content (AvgIpc) is 2.99. The van der Waals surface area contributed by atoms with Crippen LogP contribution in [0.25, 0.3) is 0 Å². The summed E-state index contributed by atoms with van der Waals surface area (Å²) in [7, 11) is -3.19. The first kappa shape index (κ1) is 17.7. The Labute approximate surface area is 136 Å². The molecule has 1 saturated carbocycles. The van der Waals surface area contributed by atoms with E-state index in [9.17, 15) is 18.0 Å². The van der Waals surface area contributed by atoms with E-state index in [0.717, 1.165) is 24.1 Å². The standard InChI is InChI=1S/C16H24N2O4S/c1-11-9-12(2)18-16(20)14(11)10-17-15(19)7-8-23(21,22)13-5-3-4-6-13/h9,13H,3-8,10H2,1-2H3,(H,17,19)(H,18,20). The molecule has 7 heteroatoms. The number of sulfone groups is 1. The van der Waals surface area contributed by atoms with E-state index < -0.39 is 9.84 Å². The largest absolute Gasteiger partial charge is 0.352 e. The third-order valence-electron chi connectivity index (χ3n) is 4.38. The van der Waals surface area contributed by atoms with Gasteiger partial charge in [0.25, 0.3) is 5.56 Å². The second-order valence-electron chi connectivity index (χ2n) is 6.24. The Kier molecular flexibility index (Phi) is 5.62. The summed E-state index contributed by atoms with van der Waals surface area (Å²) in [6.45, 7) is 3.72. The molecule has 0 radical (unpaired) electrons. The molecule has 0 aliphatic heterocycles. The maximum absolute atomic E-state index is 12.1. The van der Waals surface area contributed by atoms with Crippen LogP contribution >= 0.6 is 0 Å². The summed E-state index contributed by atoms with van der Waals surface area (Å²) in [6.07, 6.45) is 3.27. The van der Waals surface area contributed by atoms with Crippen LogP contribution in [-0.4, -0.2) is 30.3 Å². The van der Waals surface area contributed by atoms with Gasteiger partial charge in [0, 0.05) is 24.2 Å². The molecule has 0 aromatic carbocycles. The van der Waals surface area contributed by atoms with Crippen LogP contribution in [0.1, 0.15) is 48.9 Å². The number of amides is 1. The predicted octanol–water partition coefficient (Wildman–Crippen LogP) is 1.36. The molecule has 2 N–H and O–H groups in total. The lowest BCUT2D eigenvalue weighted by Gasteiger charge is -2.11.